The maximum atomic E-state index is 12.0. The summed E-state index contributed by atoms with van der Waals surface area (Å²) in [5.74, 6) is 0.448. The first-order valence-electron chi connectivity index (χ1n) is 6.66. The van der Waals surface area contributed by atoms with Crippen LogP contribution in [0.5, 0.6) is 5.75 Å². The fourth-order valence-electron chi connectivity index (χ4n) is 1.96. The van der Waals surface area contributed by atoms with Crippen LogP contribution in [0.2, 0.25) is 0 Å². The molecular weight excluding hydrogens is 318 g/mol. The van der Waals surface area contributed by atoms with Crippen molar-refractivity contribution >= 4 is 34.4 Å². The van der Waals surface area contributed by atoms with E-state index in [1.165, 1.54) is 13.3 Å². The molecule has 9 heteroatoms. The van der Waals surface area contributed by atoms with Gasteiger partial charge in [0.05, 0.1) is 24.7 Å². The van der Waals surface area contributed by atoms with Gasteiger partial charge in [-0.1, -0.05) is 23.9 Å². The molecule has 0 bridgehead atoms. The molecule has 0 radical (unpaired) electrons. The van der Waals surface area contributed by atoms with E-state index < -0.39 is 0 Å². The molecule has 23 heavy (non-hydrogen) atoms. The summed E-state index contributed by atoms with van der Waals surface area (Å²) in [7, 11) is 1.54. The number of aromatic amines is 2. The van der Waals surface area contributed by atoms with Gasteiger partial charge in [-0.25, -0.2) is 4.98 Å². The maximum absolute atomic E-state index is 12.0. The molecule has 0 aliphatic heterocycles. The molecule has 0 atom stereocenters. The van der Waals surface area contributed by atoms with Crippen molar-refractivity contribution in [3.8, 4) is 5.75 Å². The number of methoxy groups -OCH3 is 1. The number of nitrogens with one attached hydrogen (secondary N) is 3. The molecule has 0 fully saturated rings. The zero-order chi connectivity index (χ0) is 16.2. The molecule has 0 aliphatic carbocycles. The Balaban J connectivity index is 1.67. The van der Waals surface area contributed by atoms with Gasteiger partial charge in [-0.05, 0) is 12.1 Å². The summed E-state index contributed by atoms with van der Waals surface area (Å²) in [6.45, 7) is 0. The summed E-state index contributed by atoms with van der Waals surface area (Å²) in [5, 5.41) is 9.88. The van der Waals surface area contributed by atoms with E-state index in [9.17, 15) is 9.59 Å². The fraction of sp³-hybridized carbons (Fsp3) is 0.143. The molecule has 0 saturated heterocycles. The van der Waals surface area contributed by atoms with Crippen molar-refractivity contribution < 1.29 is 9.53 Å². The monoisotopic (exact) mass is 331 g/mol. The Morgan fingerprint density at radius 3 is 3.04 bits per heavy atom. The normalized spacial score (nSPS) is 10.7. The zero-order valence-electron chi connectivity index (χ0n) is 12.1. The van der Waals surface area contributed by atoms with Crippen molar-refractivity contribution in [1.29, 1.82) is 0 Å². The van der Waals surface area contributed by atoms with Crippen molar-refractivity contribution in [1.82, 2.24) is 20.2 Å². The predicted molar refractivity (Wildman–Crippen MR) is 86.9 cm³/mol. The van der Waals surface area contributed by atoms with Crippen LogP contribution in [-0.4, -0.2) is 38.9 Å². The average molecular weight is 331 g/mol. The van der Waals surface area contributed by atoms with Crippen LogP contribution in [0, 0.1) is 0 Å². The van der Waals surface area contributed by atoms with Gasteiger partial charge in [-0.3, -0.25) is 14.7 Å². The highest BCUT2D eigenvalue weighted by Gasteiger charge is 2.10. The minimum atomic E-state index is -0.295. The second-order valence-corrected chi connectivity index (χ2v) is 5.50. The molecule has 0 spiro atoms. The molecule has 1 amide bonds. The number of amides is 1. The number of ether oxygens (including phenoxy) is 1. The number of thioether (sulfide) groups is 1. The average Bonchev–Trinajstić information content (AvgIpc) is 3.02. The number of anilines is 1. The van der Waals surface area contributed by atoms with E-state index in [1.807, 2.05) is 6.07 Å². The number of para-hydroxylation sites is 2. The highest BCUT2D eigenvalue weighted by molar-refractivity contribution is 7.99. The second-order valence-electron chi connectivity index (χ2n) is 4.54. The number of benzene rings is 1. The topological polar surface area (TPSA) is 113 Å². The fourth-order valence-corrected chi connectivity index (χ4v) is 2.62. The first kappa shape index (κ1) is 15.1. The smallest absolute Gasteiger partial charge is 0.262 e. The quantitative estimate of drug-likeness (QED) is 0.481. The van der Waals surface area contributed by atoms with Gasteiger partial charge in [0, 0.05) is 0 Å². The number of hydrogen-bond donors (Lipinski definition) is 3. The third-order valence-electron chi connectivity index (χ3n) is 3.02. The summed E-state index contributed by atoms with van der Waals surface area (Å²) in [6, 6.07) is 7.13. The number of H-pyrrole nitrogens is 2. The van der Waals surface area contributed by atoms with Crippen LogP contribution in [0.3, 0.4) is 0 Å². The van der Waals surface area contributed by atoms with E-state index in [0.29, 0.717) is 27.6 Å². The molecule has 3 N–H and O–H groups in total. The Bertz CT molecular complexity index is 905. The highest BCUT2D eigenvalue weighted by Crippen LogP contribution is 2.23. The molecule has 0 aliphatic rings. The standard InChI is InChI=1S/C14H13N5O3S/c1-22-10-5-3-2-4-9(10)16-11(20)7-23-14-17-12-8(6-15-19-12)13(21)18-14/h2-6H,7H2,1H3,(H,16,20)(H2,15,17,18,19,21). The predicted octanol–water partition coefficient (Wildman–Crippen LogP) is 1.39. The van der Waals surface area contributed by atoms with Gasteiger partial charge < -0.3 is 15.0 Å². The third-order valence-corrected chi connectivity index (χ3v) is 3.89. The summed E-state index contributed by atoms with van der Waals surface area (Å²) in [6.07, 6.45) is 1.41. The minimum absolute atomic E-state index is 0.0978. The number of carbonyl (C=O) groups is 1. The number of rotatable bonds is 5. The first-order valence-corrected chi connectivity index (χ1v) is 7.65. The van der Waals surface area contributed by atoms with E-state index in [1.54, 1.807) is 18.2 Å². The highest BCUT2D eigenvalue weighted by atomic mass is 32.2. The van der Waals surface area contributed by atoms with Crippen LogP contribution in [0.15, 0.2) is 40.4 Å². The number of aromatic nitrogens is 4. The zero-order valence-corrected chi connectivity index (χ0v) is 12.9. The molecule has 0 saturated carbocycles. The van der Waals surface area contributed by atoms with Gasteiger partial charge in [0.1, 0.15) is 11.1 Å². The summed E-state index contributed by atoms with van der Waals surface area (Å²) in [4.78, 5) is 30.6. The molecule has 1 aromatic carbocycles. The largest absolute Gasteiger partial charge is 0.495 e. The Morgan fingerprint density at radius 2 is 2.22 bits per heavy atom. The van der Waals surface area contributed by atoms with Crippen molar-refractivity contribution in [2.75, 3.05) is 18.2 Å². The number of fused-ring (bicyclic) bond motifs is 1. The van der Waals surface area contributed by atoms with E-state index in [2.05, 4.69) is 25.5 Å². The van der Waals surface area contributed by atoms with Crippen LogP contribution in [0.1, 0.15) is 0 Å². The van der Waals surface area contributed by atoms with Gasteiger partial charge in [0.25, 0.3) is 5.56 Å². The molecule has 0 unspecified atom stereocenters. The van der Waals surface area contributed by atoms with Gasteiger partial charge in [-0.2, -0.15) is 5.10 Å². The molecule has 118 valence electrons. The van der Waals surface area contributed by atoms with Crippen molar-refractivity contribution in [2.24, 2.45) is 0 Å². The molecule has 8 nitrogen and oxygen atoms in total. The van der Waals surface area contributed by atoms with Crippen LogP contribution in [0.25, 0.3) is 11.0 Å². The number of hydrogen-bond acceptors (Lipinski definition) is 6. The van der Waals surface area contributed by atoms with Crippen molar-refractivity contribution in [2.45, 2.75) is 5.16 Å². The van der Waals surface area contributed by atoms with E-state index in [4.69, 9.17) is 4.74 Å². The van der Waals surface area contributed by atoms with Gasteiger partial charge in [-0.15, -0.1) is 0 Å². The van der Waals surface area contributed by atoms with Gasteiger partial charge in [0.15, 0.2) is 10.8 Å². The Morgan fingerprint density at radius 1 is 1.39 bits per heavy atom. The molecule has 2 aromatic heterocycles. The lowest BCUT2D eigenvalue weighted by molar-refractivity contribution is -0.113. The van der Waals surface area contributed by atoms with Crippen LogP contribution >= 0.6 is 11.8 Å². The summed E-state index contributed by atoms with van der Waals surface area (Å²) < 4.78 is 5.17. The molecular formula is C14H13N5O3S. The summed E-state index contributed by atoms with van der Waals surface area (Å²) in [5.41, 5.74) is 0.684. The lowest BCUT2D eigenvalue weighted by Gasteiger charge is -2.09. The van der Waals surface area contributed by atoms with E-state index in [0.717, 1.165) is 11.8 Å². The second kappa shape index (κ2) is 6.53. The Hall–Kier alpha value is -2.81. The molecule has 3 aromatic rings. The van der Waals surface area contributed by atoms with Gasteiger partial charge >= 0.3 is 0 Å². The third kappa shape index (κ3) is 3.34. The van der Waals surface area contributed by atoms with E-state index >= 15 is 0 Å². The van der Waals surface area contributed by atoms with Crippen LogP contribution < -0.4 is 15.6 Å². The molecule has 3 rings (SSSR count). The van der Waals surface area contributed by atoms with Crippen molar-refractivity contribution in [3.63, 3.8) is 0 Å². The summed E-state index contributed by atoms with van der Waals surface area (Å²) >= 11 is 1.13. The minimum Gasteiger partial charge on any atom is -0.495 e. The van der Waals surface area contributed by atoms with Crippen LogP contribution in [0.4, 0.5) is 5.69 Å². The lowest BCUT2D eigenvalue weighted by atomic mass is 10.3. The maximum Gasteiger partial charge on any atom is 0.262 e. The molecule has 2 heterocycles. The number of carbonyl (C=O) groups excluding carboxylic acids is 1. The lowest BCUT2D eigenvalue weighted by Crippen LogP contribution is -2.16. The Kier molecular flexibility index (Phi) is 4.29. The van der Waals surface area contributed by atoms with Gasteiger partial charge in [0.2, 0.25) is 5.91 Å². The van der Waals surface area contributed by atoms with E-state index in [-0.39, 0.29) is 17.2 Å². The number of nitrogens with zero attached hydrogens (tertiary/aromatic N) is 2. The first-order chi connectivity index (χ1) is 11.2. The van der Waals surface area contributed by atoms with Crippen LogP contribution in [-0.2, 0) is 4.79 Å². The Labute approximate surface area is 134 Å². The van der Waals surface area contributed by atoms with Crippen molar-refractivity contribution in [3.05, 3.63) is 40.8 Å². The SMILES string of the molecule is COc1ccccc1NC(=O)CSc1nc2[nH]ncc2c(=O)[nH]1.